The molecule has 20 heavy (non-hydrogen) atoms. The highest BCUT2D eigenvalue weighted by Gasteiger charge is 2.12. The molecule has 2 rings (SSSR count). The molecule has 108 valence electrons. The van der Waals surface area contributed by atoms with Gasteiger partial charge in [-0.25, -0.2) is 9.67 Å². The molecule has 1 aromatic heterocycles. The maximum absolute atomic E-state index is 6.00. The van der Waals surface area contributed by atoms with Gasteiger partial charge in [0.25, 0.3) is 0 Å². The number of benzene rings is 1. The van der Waals surface area contributed by atoms with Gasteiger partial charge in [-0.3, -0.25) is 0 Å². The molecule has 1 atom stereocenters. The van der Waals surface area contributed by atoms with Crippen LogP contribution >= 0.6 is 0 Å². The largest absolute Gasteiger partial charge is 0.485 e. The van der Waals surface area contributed by atoms with Crippen molar-refractivity contribution in [1.29, 1.82) is 0 Å². The summed E-state index contributed by atoms with van der Waals surface area (Å²) in [7, 11) is 0. The van der Waals surface area contributed by atoms with Crippen molar-refractivity contribution in [1.82, 2.24) is 14.8 Å². The van der Waals surface area contributed by atoms with Crippen LogP contribution in [0.15, 0.2) is 24.5 Å². The first-order valence-corrected chi connectivity index (χ1v) is 6.86. The first-order chi connectivity index (χ1) is 9.49. The molecule has 5 nitrogen and oxygen atoms in total. The lowest BCUT2D eigenvalue weighted by Gasteiger charge is -2.15. The van der Waals surface area contributed by atoms with Gasteiger partial charge in [0.15, 0.2) is 5.82 Å². The Morgan fingerprint density at radius 1 is 1.30 bits per heavy atom. The number of nitrogens with two attached hydrogens (primary N) is 1. The van der Waals surface area contributed by atoms with E-state index in [0.29, 0.717) is 6.61 Å². The second kappa shape index (κ2) is 6.05. The van der Waals surface area contributed by atoms with E-state index in [1.54, 1.807) is 6.33 Å². The van der Waals surface area contributed by atoms with Crippen LogP contribution in [0.5, 0.6) is 5.75 Å². The number of nitrogens with zero attached hydrogens (tertiary/aromatic N) is 3. The third-order valence-corrected chi connectivity index (χ3v) is 3.15. The summed E-state index contributed by atoms with van der Waals surface area (Å²) in [6.45, 7) is 8.53. The molecule has 0 aliphatic heterocycles. The number of hydrogen-bond acceptors (Lipinski definition) is 4. The summed E-state index contributed by atoms with van der Waals surface area (Å²) < 4.78 is 7.75. The van der Waals surface area contributed by atoms with Gasteiger partial charge in [0.2, 0.25) is 0 Å². The molecule has 0 radical (unpaired) electrons. The van der Waals surface area contributed by atoms with Gasteiger partial charge in [-0.1, -0.05) is 17.7 Å². The van der Waals surface area contributed by atoms with Gasteiger partial charge in [-0.2, -0.15) is 5.10 Å². The normalized spacial score (nSPS) is 12.7. The van der Waals surface area contributed by atoms with E-state index in [1.807, 2.05) is 30.7 Å². The van der Waals surface area contributed by atoms with E-state index in [2.05, 4.69) is 30.0 Å². The van der Waals surface area contributed by atoms with Crippen LogP contribution in [0, 0.1) is 6.92 Å². The monoisotopic (exact) mass is 274 g/mol. The minimum Gasteiger partial charge on any atom is -0.485 e. The number of ether oxygens (including phenoxy) is 1. The third-order valence-electron chi connectivity index (χ3n) is 3.15. The summed E-state index contributed by atoms with van der Waals surface area (Å²) in [5.74, 6) is 1.63. The Kier molecular flexibility index (Phi) is 4.39. The number of aromatic nitrogens is 3. The molecule has 1 aromatic carbocycles. The van der Waals surface area contributed by atoms with Crippen LogP contribution in [-0.4, -0.2) is 14.8 Å². The van der Waals surface area contributed by atoms with Crippen molar-refractivity contribution in [2.45, 2.75) is 46.4 Å². The first-order valence-electron chi connectivity index (χ1n) is 6.86. The molecule has 1 heterocycles. The van der Waals surface area contributed by atoms with Crippen molar-refractivity contribution in [2.24, 2.45) is 5.73 Å². The van der Waals surface area contributed by atoms with Crippen molar-refractivity contribution in [2.75, 3.05) is 0 Å². The van der Waals surface area contributed by atoms with Crippen molar-refractivity contribution in [3.05, 3.63) is 41.5 Å². The van der Waals surface area contributed by atoms with E-state index in [1.165, 1.54) is 5.56 Å². The van der Waals surface area contributed by atoms with Crippen molar-refractivity contribution < 1.29 is 4.74 Å². The van der Waals surface area contributed by atoms with E-state index in [4.69, 9.17) is 10.5 Å². The van der Waals surface area contributed by atoms with Crippen LogP contribution in [0.1, 0.15) is 49.8 Å². The average Bonchev–Trinajstić information content (AvgIpc) is 2.85. The molecule has 5 heteroatoms. The van der Waals surface area contributed by atoms with E-state index in [9.17, 15) is 0 Å². The Labute approximate surface area is 119 Å². The molecule has 0 aliphatic rings. The van der Waals surface area contributed by atoms with Crippen molar-refractivity contribution in [3.8, 4) is 5.75 Å². The zero-order valence-electron chi connectivity index (χ0n) is 12.5. The summed E-state index contributed by atoms with van der Waals surface area (Å²) in [4.78, 5) is 4.24. The fourth-order valence-corrected chi connectivity index (χ4v) is 2.11. The molecule has 0 saturated heterocycles. The Bertz CT molecular complexity index is 575. The summed E-state index contributed by atoms with van der Waals surface area (Å²) in [5, 5.41) is 4.20. The van der Waals surface area contributed by atoms with Crippen LogP contribution < -0.4 is 10.5 Å². The van der Waals surface area contributed by atoms with Crippen LogP contribution in [0.25, 0.3) is 0 Å². The van der Waals surface area contributed by atoms with E-state index in [0.717, 1.165) is 17.1 Å². The van der Waals surface area contributed by atoms with Gasteiger partial charge in [0.05, 0.1) is 0 Å². The zero-order valence-corrected chi connectivity index (χ0v) is 12.5. The summed E-state index contributed by atoms with van der Waals surface area (Å²) >= 11 is 0. The predicted molar refractivity (Wildman–Crippen MR) is 78.5 cm³/mol. The van der Waals surface area contributed by atoms with Crippen LogP contribution in [0.4, 0.5) is 0 Å². The summed E-state index contributed by atoms with van der Waals surface area (Å²) in [6.07, 6.45) is 1.56. The number of rotatable bonds is 5. The minimum absolute atomic E-state index is 0.0622. The predicted octanol–water partition coefficient (Wildman–Crippen LogP) is 2.77. The highest BCUT2D eigenvalue weighted by molar-refractivity contribution is 5.38. The quantitative estimate of drug-likeness (QED) is 0.910. The highest BCUT2D eigenvalue weighted by atomic mass is 16.5. The summed E-state index contributed by atoms with van der Waals surface area (Å²) in [6, 6.07) is 6.25. The molecule has 0 fully saturated rings. The average molecular weight is 274 g/mol. The number of aryl methyl sites for hydroxylation is 1. The Morgan fingerprint density at radius 3 is 2.70 bits per heavy atom. The van der Waals surface area contributed by atoms with Gasteiger partial charge in [-0.15, -0.1) is 0 Å². The molecule has 2 aromatic rings. The fraction of sp³-hybridized carbons (Fsp3) is 0.467. The van der Waals surface area contributed by atoms with Crippen molar-refractivity contribution in [3.63, 3.8) is 0 Å². The van der Waals surface area contributed by atoms with Gasteiger partial charge in [0, 0.05) is 17.6 Å². The van der Waals surface area contributed by atoms with Crippen molar-refractivity contribution >= 4 is 0 Å². The molecule has 2 N–H and O–H groups in total. The first kappa shape index (κ1) is 14.5. The maximum atomic E-state index is 6.00. The van der Waals surface area contributed by atoms with Crippen LogP contribution in [-0.2, 0) is 6.61 Å². The second-order valence-electron chi connectivity index (χ2n) is 5.33. The van der Waals surface area contributed by atoms with Crippen LogP contribution in [0.3, 0.4) is 0 Å². The molecular weight excluding hydrogens is 252 g/mol. The highest BCUT2D eigenvalue weighted by Crippen LogP contribution is 2.25. The fourth-order valence-electron chi connectivity index (χ4n) is 2.11. The van der Waals surface area contributed by atoms with Gasteiger partial charge < -0.3 is 10.5 Å². The lowest BCUT2D eigenvalue weighted by atomic mass is 10.1. The minimum atomic E-state index is -0.0622. The summed E-state index contributed by atoms with van der Waals surface area (Å²) in [5.41, 5.74) is 8.19. The molecular formula is C15H22N4O. The SMILES string of the molecule is Cc1ccc(OCc2ncnn2C(C)C)c(C(C)N)c1. The standard InChI is InChI=1S/C15H22N4O/c1-10(2)19-15(17-9-18-19)8-20-14-6-5-11(3)7-13(14)12(4)16/h5-7,9-10,12H,8,16H2,1-4H3. The topological polar surface area (TPSA) is 66.0 Å². The molecule has 0 saturated carbocycles. The Balaban J connectivity index is 2.17. The lowest BCUT2D eigenvalue weighted by Crippen LogP contribution is -2.12. The van der Waals surface area contributed by atoms with Crippen LogP contribution in [0.2, 0.25) is 0 Å². The molecule has 0 bridgehead atoms. The Hall–Kier alpha value is -1.88. The molecule has 1 unspecified atom stereocenters. The third kappa shape index (κ3) is 3.17. The zero-order chi connectivity index (χ0) is 14.7. The number of hydrogen-bond donors (Lipinski definition) is 1. The second-order valence-corrected chi connectivity index (χ2v) is 5.33. The van der Waals surface area contributed by atoms with Gasteiger partial charge in [-0.05, 0) is 33.8 Å². The lowest BCUT2D eigenvalue weighted by molar-refractivity contribution is 0.278. The smallest absolute Gasteiger partial charge is 0.165 e. The van der Waals surface area contributed by atoms with E-state index >= 15 is 0 Å². The maximum Gasteiger partial charge on any atom is 0.165 e. The molecule has 0 aliphatic carbocycles. The molecule has 0 spiro atoms. The van der Waals surface area contributed by atoms with E-state index < -0.39 is 0 Å². The Morgan fingerprint density at radius 2 is 2.05 bits per heavy atom. The van der Waals surface area contributed by atoms with Gasteiger partial charge in [0.1, 0.15) is 18.7 Å². The molecule has 0 amide bonds. The van der Waals surface area contributed by atoms with E-state index in [-0.39, 0.29) is 12.1 Å². The van der Waals surface area contributed by atoms with Gasteiger partial charge >= 0.3 is 0 Å².